The van der Waals surface area contributed by atoms with Gasteiger partial charge in [-0.2, -0.15) is 0 Å². The van der Waals surface area contributed by atoms with Gasteiger partial charge in [0.1, 0.15) is 17.7 Å². The number of pyridine rings is 1. The summed E-state index contributed by atoms with van der Waals surface area (Å²) in [7, 11) is 0. The first-order chi connectivity index (χ1) is 12.7. The largest absolute Gasteiger partial charge is 0.465 e. The average Bonchev–Trinajstić information content (AvgIpc) is 2.86. The number of fused-ring (bicyclic) bond motifs is 3. The van der Waals surface area contributed by atoms with E-state index in [0.717, 1.165) is 12.8 Å². The van der Waals surface area contributed by atoms with Crippen molar-refractivity contribution < 1.29 is 14.3 Å². The van der Waals surface area contributed by atoms with Crippen molar-refractivity contribution >= 4 is 34.4 Å². The summed E-state index contributed by atoms with van der Waals surface area (Å²) in [5, 5.41) is 10.1. The van der Waals surface area contributed by atoms with Crippen LogP contribution in [-0.4, -0.2) is 55.7 Å². The van der Waals surface area contributed by atoms with Crippen LogP contribution in [0, 0.1) is 11.2 Å². The molecular formula is C18H21ClFN5O2. The maximum Gasteiger partial charge on any atom is 0.408 e. The van der Waals surface area contributed by atoms with Gasteiger partial charge in [-0.1, -0.05) is 32.4 Å². The Morgan fingerprint density at radius 2 is 2.11 bits per heavy atom. The lowest BCUT2D eigenvalue weighted by Crippen LogP contribution is -2.68. The Hall–Kier alpha value is -2.22. The van der Waals surface area contributed by atoms with Gasteiger partial charge >= 0.3 is 6.09 Å². The number of nitrogens with zero attached hydrogens (tertiary/aromatic N) is 5. The molecule has 0 aromatic carbocycles. The van der Waals surface area contributed by atoms with Gasteiger partial charge in [-0.15, -0.1) is 0 Å². The number of anilines is 1. The second-order valence-electron chi connectivity index (χ2n) is 8.33. The van der Waals surface area contributed by atoms with Gasteiger partial charge in [-0.05, 0) is 18.3 Å². The number of amides is 1. The number of piperazine rings is 1. The Bertz CT molecular complexity index is 934. The highest BCUT2D eigenvalue weighted by molar-refractivity contribution is 6.30. The summed E-state index contributed by atoms with van der Waals surface area (Å²) in [6.45, 7) is 7.17. The quantitative estimate of drug-likeness (QED) is 0.746. The predicted molar refractivity (Wildman–Crippen MR) is 99.6 cm³/mol. The molecule has 27 heavy (non-hydrogen) atoms. The van der Waals surface area contributed by atoms with Gasteiger partial charge in [0.25, 0.3) is 0 Å². The van der Waals surface area contributed by atoms with Gasteiger partial charge in [0.2, 0.25) is 0 Å². The molecule has 2 fully saturated rings. The second-order valence-corrected chi connectivity index (χ2v) is 8.69. The summed E-state index contributed by atoms with van der Waals surface area (Å²) in [4.78, 5) is 28.0. The van der Waals surface area contributed by atoms with Crippen molar-refractivity contribution in [1.82, 2.24) is 19.9 Å². The summed E-state index contributed by atoms with van der Waals surface area (Å²) >= 11 is 5.79. The number of carbonyl (C=O) groups is 1. The van der Waals surface area contributed by atoms with E-state index in [9.17, 15) is 14.3 Å². The van der Waals surface area contributed by atoms with Crippen molar-refractivity contribution in [3.05, 3.63) is 23.5 Å². The van der Waals surface area contributed by atoms with Crippen LogP contribution in [-0.2, 0) is 0 Å². The Kier molecular flexibility index (Phi) is 3.96. The van der Waals surface area contributed by atoms with E-state index in [1.807, 2.05) is 4.90 Å². The van der Waals surface area contributed by atoms with E-state index in [1.54, 1.807) is 4.90 Å². The fraction of sp³-hybridized carbons (Fsp3) is 0.556. The summed E-state index contributed by atoms with van der Waals surface area (Å²) in [5.41, 5.74) is -0.691. The van der Waals surface area contributed by atoms with Gasteiger partial charge in [-0.25, -0.2) is 24.1 Å². The van der Waals surface area contributed by atoms with E-state index >= 15 is 0 Å². The highest BCUT2D eigenvalue weighted by atomic mass is 35.5. The molecule has 0 spiro atoms. The second kappa shape index (κ2) is 5.89. The van der Waals surface area contributed by atoms with Crippen molar-refractivity contribution in [3.8, 4) is 0 Å². The van der Waals surface area contributed by atoms with Crippen LogP contribution in [0.5, 0.6) is 0 Å². The molecule has 2 aliphatic rings. The lowest BCUT2D eigenvalue weighted by atomic mass is 9.71. The molecule has 2 saturated heterocycles. The fourth-order valence-corrected chi connectivity index (χ4v) is 4.79. The minimum Gasteiger partial charge on any atom is -0.465 e. The van der Waals surface area contributed by atoms with Crippen LogP contribution in [0.1, 0.15) is 33.6 Å². The summed E-state index contributed by atoms with van der Waals surface area (Å²) < 4.78 is 14.4. The number of hydrogen-bond donors (Lipinski definition) is 1. The zero-order chi connectivity index (χ0) is 19.6. The van der Waals surface area contributed by atoms with Crippen molar-refractivity contribution in [2.75, 3.05) is 18.0 Å². The van der Waals surface area contributed by atoms with Crippen LogP contribution in [0.3, 0.4) is 0 Å². The van der Waals surface area contributed by atoms with Gasteiger partial charge in [0, 0.05) is 19.3 Å². The number of hydrogen-bond acceptors (Lipinski definition) is 5. The van der Waals surface area contributed by atoms with E-state index in [4.69, 9.17) is 11.6 Å². The lowest BCUT2D eigenvalue weighted by molar-refractivity contribution is 0.00532. The van der Waals surface area contributed by atoms with E-state index in [1.165, 1.54) is 12.5 Å². The molecule has 1 N–H and O–H groups in total. The van der Waals surface area contributed by atoms with E-state index in [0.29, 0.717) is 24.3 Å². The number of aromatic nitrogens is 3. The van der Waals surface area contributed by atoms with E-state index in [-0.39, 0.29) is 22.1 Å². The van der Waals surface area contributed by atoms with Crippen LogP contribution in [0.15, 0.2) is 12.5 Å². The summed E-state index contributed by atoms with van der Waals surface area (Å²) in [6.07, 6.45) is 3.48. The predicted octanol–water partition coefficient (Wildman–Crippen LogP) is 3.56. The van der Waals surface area contributed by atoms with E-state index < -0.39 is 17.4 Å². The molecule has 1 amide bonds. The average molecular weight is 394 g/mol. The monoisotopic (exact) mass is 393 g/mol. The van der Waals surface area contributed by atoms with Gasteiger partial charge in [0.05, 0.1) is 17.0 Å². The Labute approximate surface area is 161 Å². The third kappa shape index (κ3) is 2.53. The molecule has 2 aromatic heterocycles. The van der Waals surface area contributed by atoms with Gasteiger partial charge in [-0.3, -0.25) is 4.90 Å². The molecule has 2 bridgehead atoms. The molecule has 4 heterocycles. The first kappa shape index (κ1) is 18.2. The van der Waals surface area contributed by atoms with Crippen molar-refractivity contribution in [3.63, 3.8) is 0 Å². The Morgan fingerprint density at radius 1 is 1.37 bits per heavy atom. The smallest absolute Gasteiger partial charge is 0.408 e. The SMILES string of the molecule is CC(C)(C)[C@]12CC[C@@H](CN(c3ncnc4c(F)c(Cl)ncc34)C1)N2C(=O)O. The lowest BCUT2D eigenvalue weighted by Gasteiger charge is -2.54. The molecule has 0 unspecified atom stereocenters. The van der Waals surface area contributed by atoms with E-state index in [2.05, 4.69) is 35.7 Å². The first-order valence-electron chi connectivity index (χ1n) is 8.87. The molecule has 7 nitrogen and oxygen atoms in total. The minimum absolute atomic E-state index is 0.123. The van der Waals surface area contributed by atoms with Crippen LogP contribution >= 0.6 is 11.6 Å². The third-order valence-electron chi connectivity index (χ3n) is 6.06. The molecule has 0 saturated carbocycles. The molecule has 2 aliphatic heterocycles. The Balaban J connectivity index is 1.83. The molecule has 0 radical (unpaired) electrons. The maximum absolute atomic E-state index is 14.4. The number of carboxylic acid groups (broad SMARTS) is 1. The highest BCUT2D eigenvalue weighted by Crippen LogP contribution is 2.50. The number of rotatable bonds is 1. The maximum atomic E-state index is 14.4. The minimum atomic E-state index is -0.890. The molecule has 144 valence electrons. The van der Waals surface area contributed by atoms with Gasteiger partial charge < -0.3 is 10.0 Å². The van der Waals surface area contributed by atoms with Crippen molar-refractivity contribution in [2.24, 2.45) is 5.41 Å². The summed E-state index contributed by atoms with van der Waals surface area (Å²) in [6, 6.07) is -0.134. The summed E-state index contributed by atoms with van der Waals surface area (Å²) in [5.74, 6) is -0.107. The fourth-order valence-electron chi connectivity index (χ4n) is 4.65. The first-order valence-corrected chi connectivity index (χ1v) is 9.25. The molecule has 2 atom stereocenters. The topological polar surface area (TPSA) is 82.5 Å². The molecule has 2 aromatic rings. The zero-order valence-electron chi connectivity index (χ0n) is 15.4. The van der Waals surface area contributed by atoms with Crippen molar-refractivity contribution in [1.29, 1.82) is 0 Å². The van der Waals surface area contributed by atoms with Gasteiger partial charge in [0.15, 0.2) is 11.0 Å². The van der Waals surface area contributed by atoms with Crippen LogP contribution in [0.2, 0.25) is 5.15 Å². The van der Waals surface area contributed by atoms with Crippen LogP contribution in [0.25, 0.3) is 10.9 Å². The zero-order valence-corrected chi connectivity index (χ0v) is 16.2. The molecule has 9 heteroatoms. The van der Waals surface area contributed by atoms with Crippen LogP contribution < -0.4 is 4.90 Å². The van der Waals surface area contributed by atoms with Crippen molar-refractivity contribution in [2.45, 2.75) is 45.2 Å². The third-order valence-corrected chi connectivity index (χ3v) is 6.33. The standard InChI is InChI=1S/C18H21ClFN5O2/c1-17(2,3)18-5-4-10(25(18)16(26)27)7-24(8-18)15-11-6-21-14(19)12(20)13(11)22-9-23-15/h6,9-10H,4-5,7-8H2,1-3H3,(H,26,27)/t10-,18-/m0/s1. The molecule has 4 rings (SSSR count). The molecular weight excluding hydrogens is 373 g/mol. The van der Waals surface area contributed by atoms with Crippen LogP contribution in [0.4, 0.5) is 15.0 Å². The Morgan fingerprint density at radius 3 is 2.78 bits per heavy atom. The molecule has 0 aliphatic carbocycles. The highest BCUT2D eigenvalue weighted by Gasteiger charge is 2.59. The normalized spacial score (nSPS) is 25.3. The number of halogens is 2.